The molecule has 4 nitrogen and oxygen atoms in total. The van der Waals surface area contributed by atoms with E-state index in [-0.39, 0.29) is 11.9 Å². The van der Waals surface area contributed by atoms with Gasteiger partial charge < -0.3 is 15.0 Å². The Balaban J connectivity index is 1.74. The van der Waals surface area contributed by atoms with Crippen LogP contribution in [0.3, 0.4) is 0 Å². The summed E-state index contributed by atoms with van der Waals surface area (Å²) in [6.45, 7) is 9.78. The highest BCUT2D eigenvalue weighted by Gasteiger charge is 2.29. The third-order valence-electron chi connectivity index (χ3n) is 3.97. The summed E-state index contributed by atoms with van der Waals surface area (Å²) in [5.41, 5.74) is 1.68. The van der Waals surface area contributed by atoms with Gasteiger partial charge in [0, 0.05) is 19.1 Å². The number of likely N-dealkylation sites (tertiary alicyclic amines) is 1. The summed E-state index contributed by atoms with van der Waals surface area (Å²) in [5.74, 6) is -0.192. The molecule has 0 bridgehead atoms. The van der Waals surface area contributed by atoms with E-state index in [0.29, 0.717) is 12.6 Å². The number of halogens is 1. The number of hydrogen-bond donors (Lipinski definition) is 1. The van der Waals surface area contributed by atoms with Crippen LogP contribution in [0.25, 0.3) is 0 Å². The highest BCUT2D eigenvalue weighted by atomic mass is 19.1. The summed E-state index contributed by atoms with van der Waals surface area (Å²) < 4.78 is 18.5. The second-order valence-electron chi connectivity index (χ2n) is 7.19. The number of ether oxygens (including phenoxy) is 1. The number of benzene rings is 1. The molecule has 1 aliphatic heterocycles. The van der Waals surface area contributed by atoms with E-state index in [1.54, 1.807) is 11.0 Å². The first-order chi connectivity index (χ1) is 10.7. The van der Waals surface area contributed by atoms with Gasteiger partial charge in [-0.25, -0.2) is 9.18 Å². The minimum Gasteiger partial charge on any atom is -0.444 e. The lowest BCUT2D eigenvalue weighted by Gasteiger charge is -2.24. The Morgan fingerprint density at radius 2 is 2.17 bits per heavy atom. The molecule has 1 aromatic rings. The van der Waals surface area contributed by atoms with Crippen LogP contribution in [0.5, 0.6) is 0 Å². The molecular weight excluding hydrogens is 295 g/mol. The van der Waals surface area contributed by atoms with Gasteiger partial charge in [0.15, 0.2) is 0 Å². The molecule has 0 spiro atoms. The first-order valence-electron chi connectivity index (χ1n) is 8.21. The smallest absolute Gasteiger partial charge is 0.410 e. The molecule has 0 saturated carbocycles. The monoisotopic (exact) mass is 322 g/mol. The van der Waals surface area contributed by atoms with Crippen molar-refractivity contribution in [3.8, 4) is 0 Å². The molecule has 0 radical (unpaired) electrons. The van der Waals surface area contributed by atoms with E-state index in [1.165, 1.54) is 6.07 Å². The molecule has 128 valence electrons. The second-order valence-corrected chi connectivity index (χ2v) is 7.19. The Morgan fingerprint density at radius 1 is 1.43 bits per heavy atom. The van der Waals surface area contributed by atoms with E-state index in [1.807, 2.05) is 33.8 Å². The Morgan fingerprint density at radius 3 is 2.83 bits per heavy atom. The fourth-order valence-corrected chi connectivity index (χ4v) is 2.77. The zero-order valence-corrected chi connectivity index (χ0v) is 14.5. The largest absolute Gasteiger partial charge is 0.444 e. The van der Waals surface area contributed by atoms with Crippen LogP contribution >= 0.6 is 0 Å². The first kappa shape index (κ1) is 17.7. The molecule has 1 unspecified atom stereocenters. The number of carbonyl (C=O) groups excluding carboxylic acids is 1. The molecule has 0 aromatic heterocycles. The van der Waals surface area contributed by atoms with Gasteiger partial charge in [0.1, 0.15) is 11.4 Å². The van der Waals surface area contributed by atoms with Crippen LogP contribution in [0.2, 0.25) is 0 Å². The standard InChI is InChI=1S/C18H27FN2O2/c1-13-11-15(19)6-5-14(13)7-9-20-16-8-10-21(12-16)17(22)23-18(2,3)4/h5-6,11,16,20H,7-10,12H2,1-4H3. The van der Waals surface area contributed by atoms with Crippen molar-refractivity contribution < 1.29 is 13.9 Å². The second kappa shape index (κ2) is 7.30. The molecule has 1 aromatic carbocycles. The minimum atomic E-state index is -0.456. The average Bonchev–Trinajstić information content (AvgIpc) is 2.88. The van der Waals surface area contributed by atoms with Crippen LogP contribution < -0.4 is 5.32 Å². The molecule has 1 atom stereocenters. The predicted molar refractivity (Wildman–Crippen MR) is 89.1 cm³/mol. The van der Waals surface area contributed by atoms with Gasteiger partial charge in [-0.05, 0) is 70.3 Å². The Kier molecular flexibility index (Phi) is 5.63. The van der Waals surface area contributed by atoms with Crippen molar-refractivity contribution in [1.29, 1.82) is 0 Å². The van der Waals surface area contributed by atoms with Gasteiger partial charge in [0.25, 0.3) is 0 Å². The van der Waals surface area contributed by atoms with E-state index < -0.39 is 5.60 Å². The fourth-order valence-electron chi connectivity index (χ4n) is 2.77. The van der Waals surface area contributed by atoms with Gasteiger partial charge in [-0.3, -0.25) is 0 Å². The lowest BCUT2D eigenvalue weighted by molar-refractivity contribution is 0.0291. The topological polar surface area (TPSA) is 41.6 Å². The summed E-state index contributed by atoms with van der Waals surface area (Å²) in [7, 11) is 0. The highest BCUT2D eigenvalue weighted by Crippen LogP contribution is 2.16. The van der Waals surface area contributed by atoms with Crippen LogP contribution in [0, 0.1) is 12.7 Å². The van der Waals surface area contributed by atoms with Gasteiger partial charge in [0.2, 0.25) is 0 Å². The van der Waals surface area contributed by atoms with Crippen molar-refractivity contribution in [2.45, 2.75) is 52.2 Å². The lowest BCUT2D eigenvalue weighted by atomic mass is 10.1. The third kappa shape index (κ3) is 5.50. The zero-order chi connectivity index (χ0) is 17.0. The summed E-state index contributed by atoms with van der Waals surface area (Å²) in [4.78, 5) is 13.8. The number of carbonyl (C=O) groups is 1. The zero-order valence-electron chi connectivity index (χ0n) is 14.5. The van der Waals surface area contributed by atoms with Crippen LogP contribution in [0.4, 0.5) is 9.18 Å². The van der Waals surface area contributed by atoms with E-state index in [4.69, 9.17) is 4.74 Å². The Labute approximate surface area is 138 Å². The summed E-state index contributed by atoms with van der Waals surface area (Å²) in [6.07, 6.45) is 1.55. The SMILES string of the molecule is Cc1cc(F)ccc1CCNC1CCN(C(=O)OC(C)(C)C)C1. The van der Waals surface area contributed by atoms with Gasteiger partial charge >= 0.3 is 6.09 Å². The number of rotatable bonds is 4. The van der Waals surface area contributed by atoms with E-state index in [0.717, 1.165) is 37.1 Å². The molecule has 0 aliphatic carbocycles. The molecule has 1 N–H and O–H groups in total. The Hall–Kier alpha value is -1.62. The number of hydrogen-bond acceptors (Lipinski definition) is 3. The maximum absolute atomic E-state index is 13.1. The minimum absolute atomic E-state index is 0.192. The van der Waals surface area contributed by atoms with Gasteiger partial charge in [-0.15, -0.1) is 0 Å². The summed E-state index contributed by atoms with van der Waals surface area (Å²) >= 11 is 0. The van der Waals surface area contributed by atoms with Crippen molar-refractivity contribution in [2.24, 2.45) is 0 Å². The predicted octanol–water partition coefficient (Wildman–Crippen LogP) is 3.28. The van der Waals surface area contributed by atoms with Crippen LogP contribution in [-0.2, 0) is 11.2 Å². The van der Waals surface area contributed by atoms with E-state index >= 15 is 0 Å². The molecule has 1 fully saturated rings. The molecule has 2 rings (SSSR count). The summed E-state index contributed by atoms with van der Waals surface area (Å²) in [6, 6.07) is 5.20. The van der Waals surface area contributed by atoms with Crippen molar-refractivity contribution in [1.82, 2.24) is 10.2 Å². The number of aryl methyl sites for hydroxylation is 1. The van der Waals surface area contributed by atoms with E-state index in [9.17, 15) is 9.18 Å². The quantitative estimate of drug-likeness (QED) is 0.925. The lowest BCUT2D eigenvalue weighted by Crippen LogP contribution is -2.38. The third-order valence-corrected chi connectivity index (χ3v) is 3.97. The fraction of sp³-hybridized carbons (Fsp3) is 0.611. The van der Waals surface area contributed by atoms with Crippen LogP contribution in [0.1, 0.15) is 38.3 Å². The molecule has 5 heteroatoms. The van der Waals surface area contributed by atoms with Crippen LogP contribution in [-0.4, -0.2) is 42.3 Å². The van der Waals surface area contributed by atoms with Crippen LogP contribution in [0.15, 0.2) is 18.2 Å². The molecule has 1 saturated heterocycles. The highest BCUT2D eigenvalue weighted by molar-refractivity contribution is 5.68. The maximum Gasteiger partial charge on any atom is 0.410 e. The normalized spacial score (nSPS) is 18.3. The van der Waals surface area contributed by atoms with Crippen molar-refractivity contribution >= 4 is 6.09 Å². The van der Waals surface area contributed by atoms with Gasteiger partial charge in [-0.2, -0.15) is 0 Å². The molecular formula is C18H27FN2O2. The molecule has 23 heavy (non-hydrogen) atoms. The van der Waals surface area contributed by atoms with E-state index in [2.05, 4.69) is 5.32 Å². The van der Waals surface area contributed by atoms with Gasteiger partial charge in [-0.1, -0.05) is 6.07 Å². The maximum atomic E-state index is 13.1. The van der Waals surface area contributed by atoms with Crippen molar-refractivity contribution in [3.63, 3.8) is 0 Å². The molecule has 1 aliphatic rings. The number of amides is 1. The van der Waals surface area contributed by atoms with Crippen molar-refractivity contribution in [2.75, 3.05) is 19.6 Å². The number of nitrogens with zero attached hydrogens (tertiary/aromatic N) is 1. The number of nitrogens with one attached hydrogen (secondary N) is 1. The molecule has 1 amide bonds. The Bertz CT molecular complexity index is 554. The average molecular weight is 322 g/mol. The van der Waals surface area contributed by atoms with Gasteiger partial charge in [0.05, 0.1) is 0 Å². The first-order valence-corrected chi connectivity index (χ1v) is 8.21. The molecule has 1 heterocycles. The van der Waals surface area contributed by atoms with Crippen molar-refractivity contribution in [3.05, 3.63) is 35.1 Å². The summed E-state index contributed by atoms with van der Waals surface area (Å²) in [5, 5.41) is 3.48.